The van der Waals surface area contributed by atoms with Gasteiger partial charge in [-0.05, 0) is 150 Å². The summed E-state index contributed by atoms with van der Waals surface area (Å²) in [6.45, 7) is 26.3. The Morgan fingerprint density at radius 1 is 0.468 bits per heavy atom. The molecule has 0 spiro atoms. The van der Waals surface area contributed by atoms with E-state index in [2.05, 4.69) is 76.0 Å². The highest BCUT2D eigenvalue weighted by molar-refractivity contribution is 6.16. The Hall–Kier alpha value is -7.19. The van der Waals surface area contributed by atoms with Crippen LogP contribution in [0.1, 0.15) is 115 Å². The van der Waals surface area contributed by atoms with Gasteiger partial charge in [0.2, 0.25) is 0 Å². The van der Waals surface area contributed by atoms with Gasteiger partial charge in [0.05, 0.1) is 23.7 Å². The fourth-order valence-corrected chi connectivity index (χ4v) is 11.4. The monoisotopic (exact) mass is 1040 g/mol. The van der Waals surface area contributed by atoms with Crippen LogP contribution in [-0.4, -0.2) is 118 Å². The quantitative estimate of drug-likeness (QED) is 0.0490. The molecule has 0 saturated heterocycles. The molecule has 9 aromatic rings. The molecule has 0 radical (unpaired) electrons. The number of aromatic nitrogens is 3. The van der Waals surface area contributed by atoms with E-state index < -0.39 is 0 Å². The molecule has 0 aliphatic carbocycles. The lowest BCUT2D eigenvalue weighted by Crippen LogP contribution is -2.27. The lowest BCUT2D eigenvalue weighted by Gasteiger charge is -2.19. The van der Waals surface area contributed by atoms with E-state index in [1.165, 1.54) is 12.1 Å². The summed E-state index contributed by atoms with van der Waals surface area (Å²) in [5.41, 5.74) is 8.53. The summed E-state index contributed by atoms with van der Waals surface area (Å²) < 4.78 is 34.3. The number of halogens is 1. The second kappa shape index (κ2) is 23.6. The zero-order valence-corrected chi connectivity index (χ0v) is 46.4. The van der Waals surface area contributed by atoms with Crippen molar-refractivity contribution in [1.82, 2.24) is 28.4 Å². The van der Waals surface area contributed by atoms with Gasteiger partial charge in [-0.1, -0.05) is 41.5 Å². The molecule has 3 aromatic heterocycles. The molecule has 12 nitrogen and oxygen atoms in total. The molecule has 402 valence electrons. The highest BCUT2D eigenvalue weighted by Gasteiger charge is 2.23. The van der Waals surface area contributed by atoms with Crippen LogP contribution in [0, 0.1) is 5.82 Å². The van der Waals surface area contributed by atoms with Crippen molar-refractivity contribution in [3.05, 3.63) is 131 Å². The summed E-state index contributed by atoms with van der Waals surface area (Å²) in [4.78, 5) is 61.4. The molecule has 9 rings (SSSR count). The Morgan fingerprint density at radius 2 is 0.909 bits per heavy atom. The van der Waals surface area contributed by atoms with E-state index in [1.54, 1.807) is 21.0 Å². The van der Waals surface area contributed by atoms with Crippen molar-refractivity contribution in [1.29, 1.82) is 0 Å². The van der Waals surface area contributed by atoms with Gasteiger partial charge in [-0.2, -0.15) is 0 Å². The van der Waals surface area contributed by atoms with Gasteiger partial charge in [0, 0.05) is 129 Å². The summed E-state index contributed by atoms with van der Waals surface area (Å²) in [6, 6.07) is 30.0. The summed E-state index contributed by atoms with van der Waals surface area (Å²) in [7, 11) is 1.66. The number of carbonyl (C=O) groups is 4. The number of hydrogen-bond donors (Lipinski definition) is 0. The Bertz CT molecular complexity index is 3700. The van der Waals surface area contributed by atoms with Crippen LogP contribution in [0.5, 0.6) is 11.5 Å². The van der Waals surface area contributed by atoms with Crippen molar-refractivity contribution in [2.75, 3.05) is 66.0 Å². The van der Waals surface area contributed by atoms with Gasteiger partial charge in [-0.25, -0.2) is 4.39 Å². The highest BCUT2D eigenvalue weighted by Crippen LogP contribution is 2.40. The number of ketones is 4. The molecule has 0 amide bonds. The van der Waals surface area contributed by atoms with Gasteiger partial charge in [0.1, 0.15) is 23.9 Å². The Kier molecular flexibility index (Phi) is 16.7. The van der Waals surface area contributed by atoms with Gasteiger partial charge in [0.15, 0.2) is 23.1 Å². The van der Waals surface area contributed by atoms with E-state index in [9.17, 15) is 23.6 Å². The second-order valence-electron chi connectivity index (χ2n) is 20.2. The normalized spacial score (nSPS) is 12.1. The standard InChI is InChI=1S/C64H73FN6O6/c1-10-66(11-2)26-29-69-54-21-17-45(35-49(54)51-37-47(65)19-23-56(51)69)60(74)24-25-61(75)46-18-22-55-50(36-46)52-38-48(42(8)73)62(39-58(52)70(55)30-27-67(12-3)13-4)77-40-43-32-59-64(63(33-43)76-9)53-34-44(41(7)72)16-20-57(53)71(59)31-28-68(14-5)15-6/h16-23,32-39H,10-15,24-31,40H2,1-9H3. The van der Waals surface area contributed by atoms with Crippen molar-refractivity contribution in [2.45, 2.75) is 94.5 Å². The first-order chi connectivity index (χ1) is 37.2. The molecule has 0 fully saturated rings. The zero-order valence-electron chi connectivity index (χ0n) is 46.4. The van der Waals surface area contributed by atoms with Crippen LogP contribution in [-0.2, 0) is 26.2 Å². The van der Waals surface area contributed by atoms with Crippen molar-refractivity contribution in [2.24, 2.45) is 0 Å². The maximum absolute atomic E-state index is 14.7. The van der Waals surface area contributed by atoms with E-state index in [0.717, 1.165) is 143 Å². The van der Waals surface area contributed by atoms with Crippen molar-refractivity contribution in [3.8, 4) is 11.5 Å². The summed E-state index contributed by atoms with van der Waals surface area (Å²) in [6.07, 6.45) is 0.0168. The zero-order chi connectivity index (χ0) is 54.7. The van der Waals surface area contributed by atoms with E-state index >= 15 is 0 Å². The summed E-state index contributed by atoms with van der Waals surface area (Å²) in [5.74, 6) is 0.303. The summed E-state index contributed by atoms with van der Waals surface area (Å²) in [5, 5.41) is 5.11. The van der Waals surface area contributed by atoms with Gasteiger partial charge >= 0.3 is 0 Å². The second-order valence-corrected chi connectivity index (χ2v) is 20.2. The first-order valence-corrected chi connectivity index (χ1v) is 27.6. The number of hydrogen-bond acceptors (Lipinski definition) is 9. The fourth-order valence-electron chi connectivity index (χ4n) is 11.4. The first kappa shape index (κ1) is 54.6. The minimum atomic E-state index is -0.335. The maximum Gasteiger partial charge on any atom is 0.163 e. The van der Waals surface area contributed by atoms with Crippen LogP contribution in [0.2, 0.25) is 0 Å². The Balaban J connectivity index is 1.03. The lowest BCUT2D eigenvalue weighted by atomic mass is 9.98. The lowest BCUT2D eigenvalue weighted by molar-refractivity contribution is 0.0917. The van der Waals surface area contributed by atoms with Crippen LogP contribution < -0.4 is 9.47 Å². The van der Waals surface area contributed by atoms with E-state index in [1.807, 2.05) is 78.9 Å². The van der Waals surface area contributed by atoms with E-state index in [-0.39, 0.29) is 48.4 Å². The third-order valence-electron chi connectivity index (χ3n) is 16.0. The molecule has 6 aromatic carbocycles. The van der Waals surface area contributed by atoms with Gasteiger partial charge in [0.25, 0.3) is 0 Å². The molecule has 0 bridgehead atoms. The first-order valence-electron chi connectivity index (χ1n) is 27.6. The Labute approximate surface area is 450 Å². The fraction of sp³-hybridized carbons (Fsp3) is 0.375. The number of carbonyl (C=O) groups excluding carboxylic acids is 4. The van der Waals surface area contributed by atoms with Gasteiger partial charge in [-0.15, -0.1) is 0 Å². The SMILES string of the molecule is CCN(CC)CCn1c2ccc(F)cc2c2cc(C(=O)CCC(=O)c3ccc4c(c3)c3cc(C(C)=O)c(OCc5cc(OC)c6c7cc(C(C)=O)ccc7n(CCN(CC)CC)c6c5)cc3n4CCN(CC)CC)ccc21. The van der Waals surface area contributed by atoms with Crippen LogP contribution in [0.25, 0.3) is 65.4 Å². The minimum Gasteiger partial charge on any atom is -0.496 e. The third-order valence-corrected chi connectivity index (χ3v) is 16.0. The van der Waals surface area contributed by atoms with E-state index in [4.69, 9.17) is 9.47 Å². The number of methoxy groups -OCH3 is 1. The van der Waals surface area contributed by atoms with Crippen LogP contribution in [0.15, 0.2) is 97.1 Å². The minimum absolute atomic E-state index is 0.00317. The number of fused-ring (bicyclic) bond motifs is 9. The van der Waals surface area contributed by atoms with Crippen LogP contribution in [0.4, 0.5) is 4.39 Å². The van der Waals surface area contributed by atoms with Crippen molar-refractivity contribution < 1.29 is 33.0 Å². The molecule has 13 heteroatoms. The van der Waals surface area contributed by atoms with Gasteiger partial charge < -0.3 is 37.9 Å². The topological polar surface area (TPSA) is 111 Å². The van der Waals surface area contributed by atoms with Gasteiger partial charge in [-0.3, -0.25) is 19.2 Å². The largest absolute Gasteiger partial charge is 0.496 e. The number of likely N-dealkylation sites (N-methyl/N-ethyl adjacent to an activating group) is 3. The molecular weight excluding hydrogens is 968 g/mol. The predicted octanol–water partition coefficient (Wildman–Crippen LogP) is 13.0. The molecule has 0 saturated carbocycles. The number of benzene rings is 6. The number of Topliss-reactive ketones (excluding diaryl/α,β-unsaturated/α-hetero) is 4. The molecule has 0 aliphatic rings. The molecule has 0 atom stereocenters. The average molecular weight is 1040 g/mol. The molecular formula is C64H73FN6O6. The number of rotatable bonds is 26. The average Bonchev–Trinajstić information content (AvgIpc) is 4.06. The van der Waals surface area contributed by atoms with Crippen LogP contribution >= 0.6 is 0 Å². The number of ether oxygens (including phenoxy) is 2. The molecule has 3 heterocycles. The number of nitrogens with zero attached hydrogens (tertiary/aromatic N) is 6. The molecule has 0 aliphatic heterocycles. The van der Waals surface area contributed by atoms with Crippen LogP contribution in [0.3, 0.4) is 0 Å². The maximum atomic E-state index is 14.7. The van der Waals surface area contributed by atoms with Crippen molar-refractivity contribution >= 4 is 88.6 Å². The highest BCUT2D eigenvalue weighted by atomic mass is 19.1. The molecule has 0 N–H and O–H groups in total. The molecule has 77 heavy (non-hydrogen) atoms. The Morgan fingerprint density at radius 3 is 1.40 bits per heavy atom. The smallest absolute Gasteiger partial charge is 0.163 e. The molecule has 0 unspecified atom stereocenters. The third kappa shape index (κ3) is 10.9. The van der Waals surface area contributed by atoms with Crippen molar-refractivity contribution in [3.63, 3.8) is 0 Å². The predicted molar refractivity (Wildman–Crippen MR) is 310 cm³/mol. The van der Waals surface area contributed by atoms with E-state index in [0.29, 0.717) is 40.3 Å². The summed E-state index contributed by atoms with van der Waals surface area (Å²) >= 11 is 0.